The molecule has 0 atom stereocenters. The Bertz CT molecular complexity index is 456. The van der Waals surface area contributed by atoms with E-state index < -0.39 is 0 Å². The van der Waals surface area contributed by atoms with E-state index in [9.17, 15) is 0 Å². The van der Waals surface area contributed by atoms with Crippen molar-refractivity contribution in [2.45, 2.75) is 20.4 Å². The second-order valence-electron chi connectivity index (χ2n) is 4.13. The maximum absolute atomic E-state index is 4.49. The summed E-state index contributed by atoms with van der Waals surface area (Å²) in [6.07, 6.45) is 1.88. The number of nitrogens with zero attached hydrogens (tertiary/aromatic N) is 1. The highest BCUT2D eigenvalue weighted by Crippen LogP contribution is 2.14. The van der Waals surface area contributed by atoms with E-state index in [2.05, 4.69) is 43.1 Å². The van der Waals surface area contributed by atoms with Crippen LogP contribution in [0, 0.1) is 0 Å². The Morgan fingerprint density at radius 1 is 1.06 bits per heavy atom. The normalized spacial score (nSPS) is 11.2. The number of pyridine rings is 1. The molecular weight excluding hydrogens is 196 g/mol. The van der Waals surface area contributed by atoms with Crippen LogP contribution >= 0.6 is 0 Å². The number of quaternary nitrogens is 1. The molecule has 84 valence electrons. The third kappa shape index (κ3) is 2.22. The van der Waals surface area contributed by atoms with Gasteiger partial charge in [0.25, 0.3) is 0 Å². The number of hydrogen-bond acceptors (Lipinski definition) is 1. The summed E-state index contributed by atoms with van der Waals surface area (Å²) < 4.78 is 0. The van der Waals surface area contributed by atoms with Crippen LogP contribution in [0.25, 0.3) is 10.9 Å². The standard InChI is InChI=1S/C14H18N2/c1-3-16(4-2)11-13-8-5-7-12-9-6-10-15-14(12)13/h5-10H,3-4,11H2,1-2H3/p+1. The van der Waals surface area contributed by atoms with E-state index in [0.717, 1.165) is 12.1 Å². The van der Waals surface area contributed by atoms with E-state index >= 15 is 0 Å². The number of nitrogens with one attached hydrogen (secondary N) is 1. The van der Waals surface area contributed by atoms with Crippen LogP contribution < -0.4 is 4.90 Å². The summed E-state index contributed by atoms with van der Waals surface area (Å²) in [6.45, 7) is 7.87. The monoisotopic (exact) mass is 215 g/mol. The van der Waals surface area contributed by atoms with Crippen molar-refractivity contribution in [2.75, 3.05) is 13.1 Å². The van der Waals surface area contributed by atoms with Crippen molar-refractivity contribution in [2.24, 2.45) is 0 Å². The molecule has 2 heteroatoms. The van der Waals surface area contributed by atoms with Crippen LogP contribution in [-0.2, 0) is 6.54 Å². The van der Waals surface area contributed by atoms with Crippen LogP contribution in [0.4, 0.5) is 0 Å². The molecule has 0 radical (unpaired) electrons. The van der Waals surface area contributed by atoms with Crippen molar-refractivity contribution >= 4 is 10.9 Å². The average Bonchev–Trinajstić information content (AvgIpc) is 2.36. The van der Waals surface area contributed by atoms with Gasteiger partial charge in [0.1, 0.15) is 6.54 Å². The number of benzene rings is 1. The van der Waals surface area contributed by atoms with Crippen molar-refractivity contribution in [1.29, 1.82) is 0 Å². The molecule has 0 aliphatic rings. The van der Waals surface area contributed by atoms with Gasteiger partial charge in [0.2, 0.25) is 0 Å². The lowest BCUT2D eigenvalue weighted by atomic mass is 10.1. The Balaban J connectivity index is 2.36. The highest BCUT2D eigenvalue weighted by molar-refractivity contribution is 5.81. The first-order chi connectivity index (χ1) is 7.85. The van der Waals surface area contributed by atoms with Gasteiger partial charge in [0.15, 0.2) is 0 Å². The molecule has 1 N–H and O–H groups in total. The van der Waals surface area contributed by atoms with Gasteiger partial charge in [0, 0.05) is 17.1 Å². The maximum atomic E-state index is 4.49. The molecule has 0 amide bonds. The molecule has 1 heterocycles. The second-order valence-corrected chi connectivity index (χ2v) is 4.13. The van der Waals surface area contributed by atoms with Crippen LogP contribution in [0.2, 0.25) is 0 Å². The van der Waals surface area contributed by atoms with E-state index in [1.165, 1.54) is 24.0 Å². The highest BCUT2D eigenvalue weighted by atomic mass is 15.1. The minimum absolute atomic E-state index is 1.07. The van der Waals surface area contributed by atoms with Crippen molar-refractivity contribution < 1.29 is 4.90 Å². The predicted molar refractivity (Wildman–Crippen MR) is 67.5 cm³/mol. The zero-order valence-corrected chi connectivity index (χ0v) is 10.0. The largest absolute Gasteiger partial charge is 0.332 e. The van der Waals surface area contributed by atoms with E-state index in [-0.39, 0.29) is 0 Å². The fraction of sp³-hybridized carbons (Fsp3) is 0.357. The van der Waals surface area contributed by atoms with Crippen LogP contribution in [-0.4, -0.2) is 18.1 Å². The first-order valence-corrected chi connectivity index (χ1v) is 6.01. The zero-order valence-electron chi connectivity index (χ0n) is 10.0. The van der Waals surface area contributed by atoms with Crippen LogP contribution in [0.3, 0.4) is 0 Å². The predicted octanol–water partition coefficient (Wildman–Crippen LogP) is 1.66. The average molecular weight is 215 g/mol. The van der Waals surface area contributed by atoms with Gasteiger partial charge in [0.05, 0.1) is 18.6 Å². The van der Waals surface area contributed by atoms with Crippen LogP contribution in [0.1, 0.15) is 19.4 Å². The Kier molecular flexibility index (Phi) is 3.52. The number of rotatable bonds is 4. The zero-order chi connectivity index (χ0) is 11.4. The van der Waals surface area contributed by atoms with Gasteiger partial charge in [-0.15, -0.1) is 0 Å². The van der Waals surface area contributed by atoms with Gasteiger partial charge in [-0.2, -0.15) is 0 Å². The van der Waals surface area contributed by atoms with Crippen molar-refractivity contribution in [3.05, 3.63) is 42.1 Å². The molecule has 0 spiro atoms. The lowest BCUT2D eigenvalue weighted by molar-refractivity contribution is -0.910. The Morgan fingerprint density at radius 3 is 2.56 bits per heavy atom. The van der Waals surface area contributed by atoms with Crippen molar-refractivity contribution in [3.63, 3.8) is 0 Å². The second kappa shape index (κ2) is 5.08. The fourth-order valence-corrected chi connectivity index (χ4v) is 2.08. The lowest BCUT2D eigenvalue weighted by Crippen LogP contribution is -3.10. The summed E-state index contributed by atoms with van der Waals surface area (Å²) >= 11 is 0. The summed E-state index contributed by atoms with van der Waals surface area (Å²) in [4.78, 5) is 6.08. The number of aromatic nitrogens is 1. The fourth-order valence-electron chi connectivity index (χ4n) is 2.08. The van der Waals surface area contributed by atoms with E-state index in [1.54, 1.807) is 4.90 Å². The molecule has 2 nitrogen and oxygen atoms in total. The Labute approximate surface area is 96.9 Å². The van der Waals surface area contributed by atoms with Crippen LogP contribution in [0.5, 0.6) is 0 Å². The molecule has 0 aliphatic heterocycles. The molecule has 0 unspecified atom stereocenters. The molecule has 0 bridgehead atoms. The van der Waals surface area contributed by atoms with Gasteiger partial charge >= 0.3 is 0 Å². The highest BCUT2D eigenvalue weighted by Gasteiger charge is 2.08. The summed E-state index contributed by atoms with van der Waals surface area (Å²) in [5, 5.41) is 1.24. The first-order valence-electron chi connectivity index (χ1n) is 6.01. The molecule has 0 saturated heterocycles. The third-order valence-electron chi connectivity index (χ3n) is 3.16. The van der Waals surface area contributed by atoms with E-state index in [0.29, 0.717) is 0 Å². The van der Waals surface area contributed by atoms with E-state index in [4.69, 9.17) is 0 Å². The first kappa shape index (κ1) is 11.1. The van der Waals surface area contributed by atoms with Gasteiger partial charge in [-0.25, -0.2) is 0 Å². The minimum atomic E-state index is 1.07. The molecule has 0 fully saturated rings. The lowest BCUT2D eigenvalue weighted by Gasteiger charge is -2.16. The molecule has 16 heavy (non-hydrogen) atoms. The van der Waals surface area contributed by atoms with Gasteiger partial charge < -0.3 is 4.90 Å². The summed E-state index contributed by atoms with van der Waals surface area (Å²) in [5.41, 5.74) is 2.52. The molecule has 0 aliphatic carbocycles. The quantitative estimate of drug-likeness (QED) is 0.821. The molecule has 0 saturated carbocycles. The number of hydrogen-bond donors (Lipinski definition) is 1. The van der Waals surface area contributed by atoms with Crippen molar-refractivity contribution in [1.82, 2.24) is 4.98 Å². The molecule has 2 aromatic rings. The van der Waals surface area contributed by atoms with E-state index in [1.807, 2.05) is 12.3 Å². The topological polar surface area (TPSA) is 17.3 Å². The molecular formula is C14H19N2+. The molecule has 1 aromatic carbocycles. The summed E-state index contributed by atoms with van der Waals surface area (Å²) in [6, 6.07) is 10.6. The van der Waals surface area contributed by atoms with Gasteiger partial charge in [-0.05, 0) is 19.9 Å². The molecule has 2 rings (SSSR count). The minimum Gasteiger partial charge on any atom is -0.332 e. The molecule has 1 aromatic heterocycles. The number of para-hydroxylation sites is 1. The Hall–Kier alpha value is -1.41. The Morgan fingerprint density at radius 2 is 1.81 bits per heavy atom. The van der Waals surface area contributed by atoms with Gasteiger partial charge in [-0.1, -0.05) is 24.3 Å². The third-order valence-corrected chi connectivity index (χ3v) is 3.16. The number of fused-ring (bicyclic) bond motifs is 1. The SMILES string of the molecule is CC[NH+](CC)Cc1cccc2cccnc12. The summed E-state index contributed by atoms with van der Waals surface area (Å²) in [7, 11) is 0. The van der Waals surface area contributed by atoms with Crippen molar-refractivity contribution in [3.8, 4) is 0 Å². The van der Waals surface area contributed by atoms with Gasteiger partial charge in [-0.3, -0.25) is 4.98 Å². The smallest absolute Gasteiger partial charge is 0.105 e. The van der Waals surface area contributed by atoms with Crippen LogP contribution in [0.15, 0.2) is 36.5 Å². The maximum Gasteiger partial charge on any atom is 0.105 e. The summed E-state index contributed by atoms with van der Waals surface area (Å²) in [5.74, 6) is 0.